The van der Waals surface area contributed by atoms with Crippen LogP contribution in [0.3, 0.4) is 0 Å². The number of hydrogen-bond acceptors (Lipinski definition) is 4. The topological polar surface area (TPSA) is 52.6 Å². The first-order chi connectivity index (χ1) is 11.1. The lowest BCUT2D eigenvalue weighted by molar-refractivity contribution is 0.0522. The third-order valence-corrected chi connectivity index (χ3v) is 6.81. The molecular formula is C16H14Br4O4. The molecule has 0 fully saturated rings. The quantitative estimate of drug-likeness (QED) is 0.225. The zero-order valence-corrected chi connectivity index (χ0v) is 19.3. The fourth-order valence-corrected chi connectivity index (χ4v) is 4.28. The Kier molecular flexibility index (Phi) is 8.38. The highest BCUT2D eigenvalue weighted by Gasteiger charge is 2.28. The highest BCUT2D eigenvalue weighted by atomic mass is 79.9. The van der Waals surface area contributed by atoms with Crippen LogP contribution in [0.5, 0.6) is 0 Å². The van der Waals surface area contributed by atoms with Crippen molar-refractivity contribution in [1.82, 2.24) is 0 Å². The Morgan fingerprint density at radius 1 is 0.750 bits per heavy atom. The zero-order chi connectivity index (χ0) is 18.6. The summed E-state index contributed by atoms with van der Waals surface area (Å²) in [6.07, 6.45) is 0. The molecule has 0 atom stereocenters. The van der Waals surface area contributed by atoms with Crippen LogP contribution in [0.1, 0.15) is 34.6 Å². The smallest absolute Gasteiger partial charge is 0.340 e. The van der Waals surface area contributed by atoms with Crippen LogP contribution in [0.25, 0.3) is 0 Å². The summed E-state index contributed by atoms with van der Waals surface area (Å²) >= 11 is 13.3. The molecule has 24 heavy (non-hydrogen) atoms. The number of ether oxygens (including phenoxy) is 2. The molecule has 0 bridgehead atoms. The minimum Gasteiger partial charge on any atom is -0.458 e. The van der Waals surface area contributed by atoms with Crippen molar-refractivity contribution in [2.45, 2.75) is 13.8 Å². The highest BCUT2D eigenvalue weighted by Crippen LogP contribution is 2.42. The Hall–Kier alpha value is -0.440. The van der Waals surface area contributed by atoms with Crippen LogP contribution in [0.2, 0.25) is 0 Å². The lowest BCUT2D eigenvalue weighted by Crippen LogP contribution is -2.14. The first-order valence-corrected chi connectivity index (χ1v) is 9.74. The second kappa shape index (κ2) is 9.31. The van der Waals surface area contributed by atoms with E-state index in [0.29, 0.717) is 29.0 Å². The van der Waals surface area contributed by atoms with Crippen molar-refractivity contribution in [3.63, 3.8) is 0 Å². The van der Waals surface area contributed by atoms with Gasteiger partial charge in [0.15, 0.2) is 0 Å². The van der Waals surface area contributed by atoms with Crippen molar-refractivity contribution < 1.29 is 19.1 Å². The summed E-state index contributed by atoms with van der Waals surface area (Å²) in [5, 5.41) is 0. The average Bonchev–Trinajstić information content (AvgIpc) is 2.49. The second-order valence-corrected chi connectivity index (χ2v) is 8.24. The van der Waals surface area contributed by atoms with Gasteiger partial charge in [-0.15, -0.1) is 0 Å². The van der Waals surface area contributed by atoms with Gasteiger partial charge < -0.3 is 9.47 Å². The maximum absolute atomic E-state index is 12.3. The fourth-order valence-electron chi connectivity index (χ4n) is 1.51. The predicted molar refractivity (Wildman–Crippen MR) is 107 cm³/mol. The summed E-state index contributed by atoms with van der Waals surface area (Å²) in [6, 6.07) is 0. The van der Waals surface area contributed by atoms with Crippen molar-refractivity contribution in [2.24, 2.45) is 0 Å². The lowest BCUT2D eigenvalue weighted by atomic mass is 10.1. The molecular weight excluding hydrogens is 576 g/mol. The van der Waals surface area contributed by atoms with E-state index in [1.54, 1.807) is 13.8 Å². The van der Waals surface area contributed by atoms with Gasteiger partial charge in [0, 0.05) is 17.9 Å². The molecule has 8 heteroatoms. The second-order valence-electron chi connectivity index (χ2n) is 5.07. The van der Waals surface area contributed by atoms with Crippen molar-refractivity contribution in [1.29, 1.82) is 0 Å². The Morgan fingerprint density at radius 2 is 1.00 bits per heavy atom. The molecule has 1 aromatic rings. The van der Waals surface area contributed by atoms with Crippen LogP contribution >= 0.6 is 63.7 Å². The average molecular weight is 590 g/mol. The standard InChI is InChI=1S/C16H14Br4O4/c1-7(2)5-23-15(21)9-11(17)13(19)10(14(20)12(9)18)16(22)24-6-8(3)4/h1,3,5-6H2,2,4H3. The van der Waals surface area contributed by atoms with E-state index in [-0.39, 0.29) is 24.3 Å². The largest absolute Gasteiger partial charge is 0.458 e. The minimum atomic E-state index is -0.556. The Bertz CT molecular complexity index is 635. The van der Waals surface area contributed by atoms with Gasteiger partial charge >= 0.3 is 11.9 Å². The molecule has 0 aromatic heterocycles. The first-order valence-electron chi connectivity index (χ1n) is 6.56. The molecule has 0 aliphatic carbocycles. The van der Waals surface area contributed by atoms with Gasteiger partial charge in [-0.1, -0.05) is 13.2 Å². The van der Waals surface area contributed by atoms with E-state index in [1.807, 2.05) is 0 Å². The van der Waals surface area contributed by atoms with Crippen LogP contribution in [0.4, 0.5) is 0 Å². The number of halogens is 4. The third-order valence-electron chi connectivity index (χ3n) is 2.57. The molecule has 4 nitrogen and oxygen atoms in total. The van der Waals surface area contributed by atoms with Crippen LogP contribution in [-0.2, 0) is 9.47 Å². The van der Waals surface area contributed by atoms with E-state index in [1.165, 1.54) is 0 Å². The third kappa shape index (κ3) is 5.28. The molecule has 1 aromatic carbocycles. The lowest BCUT2D eigenvalue weighted by Gasteiger charge is -2.15. The Balaban J connectivity index is 3.30. The van der Waals surface area contributed by atoms with E-state index >= 15 is 0 Å². The van der Waals surface area contributed by atoms with Gasteiger partial charge in [0.25, 0.3) is 0 Å². The van der Waals surface area contributed by atoms with Crippen LogP contribution in [-0.4, -0.2) is 25.2 Å². The normalized spacial score (nSPS) is 10.2. The van der Waals surface area contributed by atoms with E-state index in [0.717, 1.165) is 0 Å². The summed E-state index contributed by atoms with van der Waals surface area (Å²) in [5.41, 5.74) is 1.92. The molecule has 0 unspecified atom stereocenters. The summed E-state index contributed by atoms with van der Waals surface area (Å²) in [5.74, 6) is -1.11. The number of carbonyl (C=O) groups is 2. The molecule has 130 valence electrons. The minimum absolute atomic E-state index is 0.107. The molecule has 0 radical (unpaired) electrons. The van der Waals surface area contributed by atoms with Gasteiger partial charge in [0.2, 0.25) is 0 Å². The van der Waals surface area contributed by atoms with Crippen molar-refractivity contribution >= 4 is 75.7 Å². The van der Waals surface area contributed by atoms with Gasteiger partial charge in [-0.3, -0.25) is 0 Å². The predicted octanol–water partition coefficient (Wildman–Crippen LogP) is 6.20. The van der Waals surface area contributed by atoms with E-state index in [9.17, 15) is 9.59 Å². The molecule has 0 N–H and O–H groups in total. The zero-order valence-electron chi connectivity index (χ0n) is 13.0. The van der Waals surface area contributed by atoms with Gasteiger partial charge in [-0.2, -0.15) is 0 Å². The van der Waals surface area contributed by atoms with Gasteiger partial charge in [-0.25, -0.2) is 9.59 Å². The summed E-state index contributed by atoms with van der Waals surface area (Å²) < 4.78 is 11.9. The SMILES string of the molecule is C=C(C)COC(=O)c1c(Br)c(Br)c(C(=O)OCC(=C)C)c(Br)c1Br. The molecule has 0 aliphatic heterocycles. The van der Waals surface area contributed by atoms with E-state index < -0.39 is 11.9 Å². The van der Waals surface area contributed by atoms with E-state index in [4.69, 9.17) is 9.47 Å². The molecule has 0 saturated carbocycles. The van der Waals surface area contributed by atoms with Crippen LogP contribution < -0.4 is 0 Å². The molecule has 0 heterocycles. The summed E-state index contributed by atoms with van der Waals surface area (Å²) in [4.78, 5) is 24.6. The molecule has 0 aliphatic rings. The van der Waals surface area contributed by atoms with Crippen molar-refractivity contribution in [3.8, 4) is 0 Å². The number of benzene rings is 1. The van der Waals surface area contributed by atoms with Gasteiger partial charge in [0.05, 0.1) is 11.1 Å². The van der Waals surface area contributed by atoms with Crippen molar-refractivity contribution in [3.05, 3.63) is 53.3 Å². The molecule has 0 saturated heterocycles. The fraction of sp³-hybridized carbons (Fsp3) is 0.250. The number of carbonyl (C=O) groups excluding carboxylic acids is 2. The number of hydrogen-bond donors (Lipinski definition) is 0. The number of rotatable bonds is 6. The van der Waals surface area contributed by atoms with Crippen molar-refractivity contribution in [2.75, 3.05) is 13.2 Å². The Morgan fingerprint density at radius 3 is 1.21 bits per heavy atom. The molecule has 0 amide bonds. The van der Waals surface area contributed by atoms with Crippen LogP contribution in [0, 0.1) is 0 Å². The molecule has 0 spiro atoms. The monoisotopic (exact) mass is 586 g/mol. The van der Waals surface area contributed by atoms with Gasteiger partial charge in [0.1, 0.15) is 13.2 Å². The number of esters is 2. The van der Waals surface area contributed by atoms with E-state index in [2.05, 4.69) is 76.9 Å². The maximum atomic E-state index is 12.3. The van der Waals surface area contributed by atoms with Crippen LogP contribution in [0.15, 0.2) is 42.2 Å². The maximum Gasteiger partial charge on any atom is 0.340 e. The highest BCUT2D eigenvalue weighted by molar-refractivity contribution is 9.14. The molecule has 1 rings (SSSR count). The summed E-state index contributed by atoms with van der Waals surface area (Å²) in [6.45, 7) is 11.1. The Labute approximate surface area is 174 Å². The summed E-state index contributed by atoms with van der Waals surface area (Å²) in [7, 11) is 0. The first kappa shape index (κ1) is 21.6. The van der Waals surface area contributed by atoms with Gasteiger partial charge in [-0.05, 0) is 88.7 Å².